The lowest BCUT2D eigenvalue weighted by molar-refractivity contribution is -0.153. The van der Waals surface area contributed by atoms with Gasteiger partial charge in [-0.2, -0.15) is 0 Å². The van der Waals surface area contributed by atoms with Gasteiger partial charge in [-0.3, -0.25) is 24.1 Å². The number of carbonyl (C=O) groups excluding carboxylic acids is 4. The molecule has 2 saturated carbocycles. The van der Waals surface area contributed by atoms with E-state index in [0.717, 1.165) is 6.54 Å². The van der Waals surface area contributed by atoms with Gasteiger partial charge in [0.15, 0.2) is 11.4 Å². The highest BCUT2D eigenvalue weighted by atomic mass is 16.3. The summed E-state index contributed by atoms with van der Waals surface area (Å²) >= 11 is 0. The summed E-state index contributed by atoms with van der Waals surface area (Å²) < 4.78 is 0. The number of benzene rings is 1. The summed E-state index contributed by atoms with van der Waals surface area (Å²) in [7, 11) is 6.68. The largest absolute Gasteiger partial charge is 0.508 e. The van der Waals surface area contributed by atoms with Gasteiger partial charge in [0.1, 0.15) is 22.8 Å². The lowest BCUT2D eigenvalue weighted by Gasteiger charge is -2.50. The van der Waals surface area contributed by atoms with Gasteiger partial charge in [0, 0.05) is 50.9 Å². The molecule has 4 aliphatic carbocycles. The summed E-state index contributed by atoms with van der Waals surface area (Å²) in [6, 6.07) is 0.486. The van der Waals surface area contributed by atoms with E-state index in [1.807, 2.05) is 0 Å². The number of primary amides is 1. The van der Waals surface area contributed by atoms with Crippen molar-refractivity contribution in [3.05, 3.63) is 34.1 Å². The first kappa shape index (κ1) is 33.9. The number of aliphatic hydroxyl groups excluding tert-OH is 2. The first-order chi connectivity index (χ1) is 22.5. The number of hydrogen-bond donors (Lipinski definition) is 6. The third-order valence-corrected chi connectivity index (χ3v) is 11.4. The molecular formula is C35H47N5O8. The van der Waals surface area contributed by atoms with Gasteiger partial charge < -0.3 is 41.3 Å². The first-order valence-electron chi connectivity index (χ1n) is 16.7. The number of hydrogen-bond acceptors (Lipinski definition) is 11. The van der Waals surface area contributed by atoms with Crippen molar-refractivity contribution >= 4 is 40.5 Å². The Kier molecular flexibility index (Phi) is 8.40. The molecule has 6 rings (SSSR count). The number of likely N-dealkylation sites (tertiary alicyclic amines) is 1. The molecule has 13 nitrogen and oxygen atoms in total. The number of Topliss-reactive ketones (excluding diaryl/α,β-unsaturated/α-hetero) is 2. The minimum atomic E-state index is -2.72. The van der Waals surface area contributed by atoms with Crippen LogP contribution < -0.4 is 16.0 Å². The molecule has 1 aromatic carbocycles. The molecule has 1 saturated heterocycles. The molecule has 2 amide bonds. The molecule has 5 aliphatic rings. The van der Waals surface area contributed by atoms with Gasteiger partial charge in [-0.15, -0.1) is 0 Å². The van der Waals surface area contributed by atoms with Crippen LogP contribution in [-0.2, 0) is 25.6 Å². The Labute approximate surface area is 280 Å². The summed E-state index contributed by atoms with van der Waals surface area (Å²) in [5.74, 6) is -7.72. The zero-order valence-electron chi connectivity index (χ0n) is 28.3. The highest BCUT2D eigenvalue weighted by molar-refractivity contribution is 6.24. The standard InChI is InChI=1S/C35H47N5O8/c1-34(9-7-6-8-10-34)16-40-14-18(15-40)33(47)37-21-13-22(38(2)3)19-11-17-12-20-26(39(4)5)29(43)25(32(36)46)31(45)35(20,48)30(44)23(17)28(42)24(19)27(21)41/h13,17-18,20,26,41-42,45,48H,6-12,14-16H2,1-5H3,(H2,36,46)(H,37,47)/t17-,20-,26-,35-/m0/s1. The third-order valence-electron chi connectivity index (χ3n) is 11.4. The van der Waals surface area contributed by atoms with Crippen molar-refractivity contribution in [1.29, 1.82) is 0 Å². The predicted molar refractivity (Wildman–Crippen MR) is 178 cm³/mol. The molecule has 0 bridgehead atoms. The average molecular weight is 666 g/mol. The molecule has 4 atom stereocenters. The number of nitrogens with two attached hydrogens (primary N) is 1. The van der Waals surface area contributed by atoms with Crippen LogP contribution in [0.2, 0.25) is 0 Å². The van der Waals surface area contributed by atoms with Gasteiger partial charge in [0.05, 0.1) is 23.2 Å². The van der Waals surface area contributed by atoms with Gasteiger partial charge in [-0.05, 0) is 62.7 Å². The summed E-state index contributed by atoms with van der Waals surface area (Å²) in [5.41, 5.74) is 2.99. The van der Waals surface area contributed by atoms with Crippen LogP contribution in [0.4, 0.5) is 11.4 Å². The summed E-state index contributed by atoms with van der Waals surface area (Å²) in [4.78, 5) is 58.7. The van der Waals surface area contributed by atoms with E-state index in [2.05, 4.69) is 17.1 Å². The number of rotatable bonds is 7. The van der Waals surface area contributed by atoms with Gasteiger partial charge in [-0.25, -0.2) is 0 Å². The summed E-state index contributed by atoms with van der Waals surface area (Å²) in [6.07, 6.45) is 6.27. The quantitative estimate of drug-likeness (QED) is 0.184. The number of anilines is 2. The zero-order chi connectivity index (χ0) is 35.0. The zero-order valence-corrected chi connectivity index (χ0v) is 28.3. The number of amides is 2. The number of carbonyl (C=O) groups is 4. The molecule has 1 aliphatic heterocycles. The van der Waals surface area contributed by atoms with Crippen LogP contribution in [0.25, 0.3) is 5.76 Å². The number of phenols is 1. The molecule has 13 heteroatoms. The molecule has 0 spiro atoms. The Bertz CT molecular complexity index is 1650. The van der Waals surface area contributed by atoms with Crippen LogP contribution in [0.3, 0.4) is 0 Å². The smallest absolute Gasteiger partial charge is 0.255 e. The highest BCUT2D eigenvalue weighted by Gasteiger charge is 2.64. The van der Waals surface area contributed by atoms with Crippen LogP contribution in [0.15, 0.2) is 23.0 Å². The monoisotopic (exact) mass is 665 g/mol. The fraction of sp³-hybridized carbons (Fsp3) is 0.600. The van der Waals surface area contributed by atoms with Crippen molar-refractivity contribution in [2.24, 2.45) is 28.9 Å². The second-order valence-electron chi connectivity index (χ2n) is 15.3. The fourth-order valence-electron chi connectivity index (χ4n) is 8.99. The van der Waals surface area contributed by atoms with Gasteiger partial charge >= 0.3 is 0 Å². The fourth-order valence-corrected chi connectivity index (χ4v) is 8.99. The molecule has 0 radical (unpaired) electrons. The van der Waals surface area contributed by atoms with E-state index in [4.69, 9.17) is 5.73 Å². The normalized spacial score (nSPS) is 28.9. The minimum Gasteiger partial charge on any atom is -0.508 e. The van der Waals surface area contributed by atoms with Crippen molar-refractivity contribution in [3.63, 3.8) is 0 Å². The number of fused-ring (bicyclic) bond motifs is 3. The van der Waals surface area contributed by atoms with Crippen LogP contribution in [-0.4, -0.2) is 113 Å². The Morgan fingerprint density at radius 3 is 2.29 bits per heavy atom. The summed E-state index contributed by atoms with van der Waals surface area (Å²) in [5, 5.41) is 49.1. The van der Waals surface area contributed by atoms with Crippen LogP contribution in [0, 0.1) is 23.2 Å². The second kappa shape index (κ2) is 11.9. The Balaban J connectivity index is 1.34. The Morgan fingerprint density at radius 1 is 1.06 bits per heavy atom. The number of nitrogens with zero attached hydrogens (tertiary/aromatic N) is 3. The molecule has 0 aromatic heterocycles. The average Bonchev–Trinajstić information content (AvgIpc) is 2.97. The van der Waals surface area contributed by atoms with Crippen molar-refractivity contribution in [2.45, 2.75) is 63.5 Å². The number of phenolic OH excluding ortho intramolecular Hbond substituents is 1. The van der Waals surface area contributed by atoms with E-state index >= 15 is 0 Å². The lowest BCUT2D eigenvalue weighted by Crippen LogP contribution is -2.65. The maximum atomic E-state index is 14.2. The molecule has 48 heavy (non-hydrogen) atoms. The predicted octanol–water partition coefficient (Wildman–Crippen LogP) is 1.87. The molecule has 1 heterocycles. The SMILES string of the molecule is CN(C)c1cc(NC(=O)C2CN(CC3(C)CCCCC3)C2)c(O)c2c1C[C@H]1C[C@H]3[C@H](N(C)C)C(=O)C(C(N)=O)=C(O)[C@@]3(O)C(=O)C1=C2O. The number of aliphatic hydroxyl groups is 3. The van der Waals surface area contributed by atoms with Crippen LogP contribution in [0.5, 0.6) is 5.75 Å². The Hall–Kier alpha value is -3.94. The van der Waals surface area contributed by atoms with Crippen LogP contribution >= 0.6 is 0 Å². The van der Waals surface area contributed by atoms with Crippen molar-refractivity contribution in [1.82, 2.24) is 9.80 Å². The first-order valence-corrected chi connectivity index (χ1v) is 16.7. The van der Waals surface area contributed by atoms with Gasteiger partial charge in [-0.1, -0.05) is 26.2 Å². The molecule has 0 unspecified atom stereocenters. The summed E-state index contributed by atoms with van der Waals surface area (Å²) in [6.45, 7) is 4.49. The Morgan fingerprint density at radius 2 is 1.71 bits per heavy atom. The number of nitrogens with one attached hydrogen (secondary N) is 1. The number of ketones is 2. The molecule has 7 N–H and O–H groups in total. The maximum Gasteiger partial charge on any atom is 0.255 e. The van der Waals surface area contributed by atoms with E-state index in [9.17, 15) is 39.6 Å². The van der Waals surface area contributed by atoms with Crippen molar-refractivity contribution < 1.29 is 39.6 Å². The maximum absolute atomic E-state index is 14.2. The van der Waals surface area contributed by atoms with Crippen molar-refractivity contribution in [3.8, 4) is 5.75 Å². The van der Waals surface area contributed by atoms with Gasteiger partial charge in [0.2, 0.25) is 11.7 Å². The molecule has 3 fully saturated rings. The second-order valence-corrected chi connectivity index (χ2v) is 15.3. The lowest BCUT2D eigenvalue weighted by atomic mass is 9.57. The van der Waals surface area contributed by atoms with Gasteiger partial charge in [0.25, 0.3) is 5.91 Å². The molecule has 260 valence electrons. The highest BCUT2D eigenvalue weighted by Crippen LogP contribution is 2.54. The van der Waals surface area contributed by atoms with E-state index in [1.54, 1.807) is 39.2 Å². The number of likely N-dealkylation sites (N-methyl/N-ethyl adjacent to an activating group) is 1. The van der Waals surface area contributed by atoms with E-state index in [1.165, 1.54) is 37.0 Å². The van der Waals surface area contributed by atoms with E-state index < -0.39 is 63.8 Å². The topological polar surface area (TPSA) is 197 Å². The molecular weight excluding hydrogens is 618 g/mol. The van der Waals surface area contributed by atoms with E-state index in [0.29, 0.717) is 24.3 Å². The van der Waals surface area contributed by atoms with Crippen LogP contribution in [0.1, 0.15) is 56.6 Å². The van der Waals surface area contributed by atoms with E-state index in [-0.39, 0.29) is 46.9 Å². The number of aromatic hydroxyl groups is 1. The minimum absolute atomic E-state index is 0.00486. The molecule has 1 aromatic rings. The third kappa shape index (κ3) is 5.17. The van der Waals surface area contributed by atoms with Crippen molar-refractivity contribution in [2.75, 3.05) is 58.0 Å².